The monoisotopic (exact) mass is 335 g/mol. The van der Waals surface area contributed by atoms with Crippen LogP contribution in [0.3, 0.4) is 0 Å². The number of rotatable bonds is 2. The Morgan fingerprint density at radius 2 is 2.18 bits per heavy atom. The molecule has 4 nitrogen and oxygen atoms in total. The topological polar surface area (TPSA) is 64.9 Å². The van der Waals surface area contributed by atoms with Crippen LogP contribution in [0.5, 0.6) is 0 Å². The summed E-state index contributed by atoms with van der Waals surface area (Å²) in [5, 5.41) is 3.98. The van der Waals surface area contributed by atoms with E-state index in [0.717, 1.165) is 27.9 Å². The van der Waals surface area contributed by atoms with E-state index in [1.54, 1.807) is 11.3 Å². The predicted molar refractivity (Wildman–Crippen MR) is 72.3 cm³/mol. The average Bonchev–Trinajstić information content (AvgIpc) is 2.82. The number of halogens is 2. The average molecular weight is 337 g/mol. The molecule has 0 atom stereocenters. The van der Waals surface area contributed by atoms with Crippen LogP contribution in [0.15, 0.2) is 20.4 Å². The Kier molecular flexibility index (Phi) is 3.58. The van der Waals surface area contributed by atoms with Crippen molar-refractivity contribution in [3.8, 4) is 10.8 Å². The molecule has 0 spiro atoms. The van der Waals surface area contributed by atoms with Crippen molar-refractivity contribution in [3.63, 3.8) is 0 Å². The molecule has 92 valence electrons. The van der Waals surface area contributed by atoms with Gasteiger partial charge >= 0.3 is 0 Å². The van der Waals surface area contributed by atoms with Gasteiger partial charge in [0.05, 0.1) is 14.2 Å². The molecule has 0 amide bonds. The zero-order chi connectivity index (χ0) is 11.2. The minimum Gasteiger partial charge on any atom is -0.333 e. The van der Waals surface area contributed by atoms with Gasteiger partial charge in [-0.05, 0) is 47.3 Å². The number of hydrogen-bond donors (Lipinski definition) is 1. The molecule has 7 heteroatoms. The van der Waals surface area contributed by atoms with Gasteiger partial charge in [-0.2, -0.15) is 4.98 Å². The molecule has 2 aromatic heterocycles. The highest BCUT2D eigenvalue weighted by atomic mass is 79.9. The quantitative estimate of drug-likeness (QED) is 0.913. The second-order valence-corrected chi connectivity index (χ2v) is 6.50. The number of nitrogens with two attached hydrogens (primary N) is 1. The summed E-state index contributed by atoms with van der Waals surface area (Å²) >= 11 is 4.97. The Morgan fingerprint density at radius 1 is 1.41 bits per heavy atom. The van der Waals surface area contributed by atoms with E-state index in [0.29, 0.717) is 11.7 Å². The molecule has 3 rings (SSSR count). The molecule has 2 aromatic rings. The summed E-state index contributed by atoms with van der Waals surface area (Å²) in [5.74, 6) is 1.20. The zero-order valence-corrected chi connectivity index (χ0v) is 12.1. The van der Waals surface area contributed by atoms with Gasteiger partial charge < -0.3 is 10.3 Å². The van der Waals surface area contributed by atoms with Crippen molar-refractivity contribution in [2.24, 2.45) is 5.73 Å². The largest absolute Gasteiger partial charge is 0.333 e. The summed E-state index contributed by atoms with van der Waals surface area (Å²) in [6.45, 7) is 0. The van der Waals surface area contributed by atoms with E-state index < -0.39 is 0 Å². The fourth-order valence-electron chi connectivity index (χ4n) is 1.74. The lowest BCUT2D eigenvalue weighted by molar-refractivity contribution is 0.229. The van der Waals surface area contributed by atoms with Crippen LogP contribution in [0.25, 0.3) is 10.8 Å². The maximum atomic E-state index is 6.13. The van der Waals surface area contributed by atoms with E-state index in [9.17, 15) is 0 Å². The first kappa shape index (κ1) is 13.0. The van der Waals surface area contributed by atoms with E-state index >= 15 is 0 Å². The first-order chi connectivity index (χ1) is 7.67. The number of thiophene rings is 1. The third-order valence-corrected chi connectivity index (χ3v) is 4.51. The van der Waals surface area contributed by atoms with E-state index in [2.05, 4.69) is 26.1 Å². The number of aromatic nitrogens is 2. The summed E-state index contributed by atoms with van der Waals surface area (Å²) in [4.78, 5) is 5.34. The van der Waals surface area contributed by atoms with E-state index in [1.807, 2.05) is 12.1 Å². The molecule has 0 unspecified atom stereocenters. The zero-order valence-electron chi connectivity index (χ0n) is 8.85. The Bertz CT molecular complexity index is 523. The van der Waals surface area contributed by atoms with Gasteiger partial charge in [-0.25, -0.2) is 0 Å². The maximum Gasteiger partial charge on any atom is 0.268 e. The lowest BCUT2D eigenvalue weighted by atomic mass is 9.77. The van der Waals surface area contributed by atoms with Gasteiger partial charge in [-0.3, -0.25) is 0 Å². The van der Waals surface area contributed by atoms with Crippen molar-refractivity contribution >= 4 is 39.7 Å². The van der Waals surface area contributed by atoms with Crippen LogP contribution in [-0.4, -0.2) is 10.1 Å². The fraction of sp³-hybridized carbons (Fsp3) is 0.400. The molecule has 0 aliphatic heterocycles. The van der Waals surface area contributed by atoms with Crippen LogP contribution in [0.1, 0.15) is 25.1 Å². The highest BCUT2D eigenvalue weighted by molar-refractivity contribution is 9.11. The van der Waals surface area contributed by atoms with E-state index in [1.165, 1.54) is 0 Å². The Labute approximate surface area is 117 Å². The minimum atomic E-state index is -0.351. The first-order valence-electron chi connectivity index (χ1n) is 5.06. The molecule has 17 heavy (non-hydrogen) atoms. The van der Waals surface area contributed by atoms with Crippen molar-refractivity contribution in [2.45, 2.75) is 24.8 Å². The van der Waals surface area contributed by atoms with Gasteiger partial charge in [0.25, 0.3) is 5.89 Å². The molecular formula is C10H11BrClN3OS. The van der Waals surface area contributed by atoms with Crippen LogP contribution < -0.4 is 5.73 Å². The van der Waals surface area contributed by atoms with Gasteiger partial charge in [-0.15, -0.1) is 23.7 Å². The maximum absolute atomic E-state index is 6.13. The first-order valence-corrected chi connectivity index (χ1v) is 6.67. The van der Waals surface area contributed by atoms with Gasteiger partial charge in [-0.1, -0.05) is 5.16 Å². The third-order valence-electron chi connectivity index (χ3n) is 2.90. The van der Waals surface area contributed by atoms with Gasteiger partial charge in [0.2, 0.25) is 0 Å². The van der Waals surface area contributed by atoms with Crippen LogP contribution in [0.2, 0.25) is 0 Å². The summed E-state index contributed by atoms with van der Waals surface area (Å²) in [6, 6.07) is 3.92. The predicted octanol–water partition coefficient (Wildman–Crippen LogP) is 3.32. The van der Waals surface area contributed by atoms with Crippen molar-refractivity contribution in [1.82, 2.24) is 10.1 Å². The smallest absolute Gasteiger partial charge is 0.268 e. The summed E-state index contributed by atoms with van der Waals surface area (Å²) < 4.78 is 6.28. The molecule has 0 aromatic carbocycles. The Balaban J connectivity index is 0.00000108. The molecule has 1 aliphatic rings. The van der Waals surface area contributed by atoms with Crippen molar-refractivity contribution in [1.29, 1.82) is 0 Å². The minimum absolute atomic E-state index is 0. The molecule has 0 radical (unpaired) electrons. The lowest BCUT2D eigenvalue weighted by Crippen LogP contribution is -2.44. The summed E-state index contributed by atoms with van der Waals surface area (Å²) in [5.41, 5.74) is 5.78. The SMILES string of the molecule is Cl.NC1(c2noc(-c3ccc(Br)s3)n2)CCC1. The molecule has 0 bridgehead atoms. The van der Waals surface area contributed by atoms with E-state index in [-0.39, 0.29) is 17.9 Å². The normalized spacial score (nSPS) is 17.3. The molecular weight excluding hydrogens is 326 g/mol. The van der Waals surface area contributed by atoms with Crippen LogP contribution in [-0.2, 0) is 5.54 Å². The Morgan fingerprint density at radius 3 is 2.71 bits per heavy atom. The van der Waals surface area contributed by atoms with E-state index in [4.69, 9.17) is 10.3 Å². The molecule has 1 saturated carbocycles. The molecule has 1 fully saturated rings. The number of nitrogens with zero attached hydrogens (tertiary/aromatic N) is 2. The standard InChI is InChI=1S/C10H10BrN3OS.ClH/c11-7-3-2-6(16-7)8-13-9(14-15-8)10(12)4-1-5-10;/h2-3H,1,4-5,12H2;1H. The third kappa shape index (κ3) is 2.27. The second kappa shape index (κ2) is 4.68. The van der Waals surface area contributed by atoms with Crippen molar-refractivity contribution < 1.29 is 4.52 Å². The van der Waals surface area contributed by atoms with Gasteiger partial charge in [0, 0.05) is 0 Å². The van der Waals surface area contributed by atoms with Crippen LogP contribution in [0, 0.1) is 0 Å². The highest BCUT2D eigenvalue weighted by Crippen LogP contribution is 2.38. The number of hydrogen-bond acceptors (Lipinski definition) is 5. The van der Waals surface area contributed by atoms with Crippen molar-refractivity contribution in [3.05, 3.63) is 21.7 Å². The Hall–Kier alpha value is -0.430. The lowest BCUT2D eigenvalue weighted by Gasteiger charge is -2.34. The molecule has 1 aliphatic carbocycles. The van der Waals surface area contributed by atoms with Gasteiger partial charge in [0.1, 0.15) is 0 Å². The highest BCUT2D eigenvalue weighted by Gasteiger charge is 2.39. The molecule has 0 saturated heterocycles. The van der Waals surface area contributed by atoms with Crippen LogP contribution >= 0.6 is 39.7 Å². The summed E-state index contributed by atoms with van der Waals surface area (Å²) in [6.07, 6.45) is 3.03. The molecule has 2 heterocycles. The fourth-order valence-corrected chi connectivity index (χ4v) is 3.04. The molecule has 2 N–H and O–H groups in total. The van der Waals surface area contributed by atoms with Crippen LogP contribution in [0.4, 0.5) is 0 Å². The van der Waals surface area contributed by atoms with Crippen molar-refractivity contribution in [2.75, 3.05) is 0 Å². The second-order valence-electron chi connectivity index (χ2n) is 4.04. The van der Waals surface area contributed by atoms with Gasteiger partial charge in [0.15, 0.2) is 5.82 Å². The summed E-state index contributed by atoms with van der Waals surface area (Å²) in [7, 11) is 0.